The lowest BCUT2D eigenvalue weighted by atomic mass is 10.0. The summed E-state index contributed by atoms with van der Waals surface area (Å²) in [6.07, 6.45) is 4.79. The van der Waals surface area contributed by atoms with Gasteiger partial charge in [-0.05, 0) is 56.3 Å². The monoisotopic (exact) mass is 291 g/mol. The number of phenolic OH excluding ortho intramolecular Hbond substituents is 1. The molecule has 2 nitrogen and oxygen atoms in total. The van der Waals surface area contributed by atoms with Crippen LogP contribution in [0.1, 0.15) is 24.8 Å². The summed E-state index contributed by atoms with van der Waals surface area (Å²) in [7, 11) is 0. The third kappa shape index (κ3) is 3.25. The highest BCUT2D eigenvalue weighted by Crippen LogP contribution is 2.29. The predicted molar refractivity (Wildman–Crippen MR) is 86.9 cm³/mol. The molecule has 0 amide bonds. The summed E-state index contributed by atoms with van der Waals surface area (Å²) in [5.41, 5.74) is 1.08. The highest BCUT2D eigenvalue weighted by Gasteiger charge is 2.11. The van der Waals surface area contributed by atoms with E-state index in [-0.39, 0.29) is 12.4 Å². The van der Waals surface area contributed by atoms with Gasteiger partial charge in [-0.25, -0.2) is 0 Å². The normalized spacial score (nSPS) is 15.4. The van der Waals surface area contributed by atoms with Crippen LogP contribution in [0.15, 0.2) is 36.4 Å². The summed E-state index contributed by atoms with van der Waals surface area (Å²) in [5, 5.41) is 12.4. The molecule has 0 saturated carbocycles. The quantitative estimate of drug-likeness (QED) is 0.920. The van der Waals surface area contributed by atoms with E-state index in [1.807, 2.05) is 24.3 Å². The van der Waals surface area contributed by atoms with Crippen molar-refractivity contribution in [2.45, 2.75) is 25.7 Å². The number of benzene rings is 2. The number of hydrogen-bond donors (Lipinski definition) is 1. The summed E-state index contributed by atoms with van der Waals surface area (Å²) in [5.74, 6) is 0.472. The lowest BCUT2D eigenvalue weighted by Crippen LogP contribution is -2.20. The number of fused-ring (bicyclic) bond motifs is 1. The first-order chi connectivity index (χ1) is 9.34. The van der Waals surface area contributed by atoms with Gasteiger partial charge in [0.15, 0.2) is 0 Å². The van der Waals surface area contributed by atoms with Crippen molar-refractivity contribution in [1.29, 1.82) is 0 Å². The molecule has 1 aliphatic heterocycles. The van der Waals surface area contributed by atoms with Crippen LogP contribution in [-0.4, -0.2) is 29.6 Å². The molecule has 3 rings (SSSR count). The second-order valence-corrected chi connectivity index (χ2v) is 5.45. The second-order valence-electron chi connectivity index (χ2n) is 5.45. The number of hydrogen-bond acceptors (Lipinski definition) is 2. The van der Waals surface area contributed by atoms with E-state index in [1.54, 1.807) is 0 Å². The van der Waals surface area contributed by atoms with Crippen molar-refractivity contribution in [1.82, 2.24) is 4.90 Å². The molecule has 1 fully saturated rings. The van der Waals surface area contributed by atoms with E-state index in [9.17, 15) is 5.11 Å². The van der Waals surface area contributed by atoms with Crippen LogP contribution in [0.2, 0.25) is 0 Å². The molecule has 20 heavy (non-hydrogen) atoms. The fourth-order valence-electron chi connectivity index (χ4n) is 3.00. The molecule has 0 aliphatic carbocycles. The minimum atomic E-state index is 0. The average Bonchev–Trinajstić information content (AvgIpc) is 2.95. The van der Waals surface area contributed by atoms with Crippen LogP contribution < -0.4 is 0 Å². The maximum Gasteiger partial charge on any atom is 0.126 e. The van der Waals surface area contributed by atoms with Crippen molar-refractivity contribution in [3.63, 3.8) is 0 Å². The van der Waals surface area contributed by atoms with Crippen LogP contribution in [0.5, 0.6) is 5.75 Å². The van der Waals surface area contributed by atoms with Crippen molar-refractivity contribution in [2.75, 3.05) is 19.6 Å². The highest BCUT2D eigenvalue weighted by atomic mass is 35.5. The van der Waals surface area contributed by atoms with Crippen LogP contribution in [-0.2, 0) is 6.42 Å². The first kappa shape index (κ1) is 15.1. The molecule has 1 heterocycles. The van der Waals surface area contributed by atoms with Crippen molar-refractivity contribution >= 4 is 23.2 Å². The molecule has 108 valence electrons. The number of aryl methyl sites for hydroxylation is 1. The number of likely N-dealkylation sites (tertiary alicyclic amines) is 1. The maximum atomic E-state index is 10.3. The first-order valence-corrected chi connectivity index (χ1v) is 7.26. The largest absolute Gasteiger partial charge is 0.507 e. The van der Waals surface area contributed by atoms with Gasteiger partial charge in [0.05, 0.1) is 0 Å². The molecule has 1 N–H and O–H groups in total. The van der Waals surface area contributed by atoms with E-state index in [2.05, 4.69) is 17.0 Å². The standard InChI is InChI=1S/C17H21NO.ClH/c19-17-15(7-5-13-18-11-3-4-12-18)10-9-14-6-1-2-8-16(14)17;/h1-2,6,8-10,19H,3-5,7,11-13H2;1H. The van der Waals surface area contributed by atoms with Gasteiger partial charge in [-0.2, -0.15) is 0 Å². The predicted octanol–water partition coefficient (Wildman–Crippen LogP) is 4.00. The van der Waals surface area contributed by atoms with Crippen LogP contribution in [0.4, 0.5) is 0 Å². The van der Waals surface area contributed by atoms with Gasteiger partial charge in [-0.1, -0.05) is 36.4 Å². The van der Waals surface area contributed by atoms with Crippen molar-refractivity contribution < 1.29 is 5.11 Å². The van der Waals surface area contributed by atoms with Gasteiger partial charge in [0.1, 0.15) is 5.75 Å². The van der Waals surface area contributed by atoms with Crippen LogP contribution >= 0.6 is 12.4 Å². The molecule has 2 aromatic carbocycles. The zero-order chi connectivity index (χ0) is 13.1. The Hall–Kier alpha value is -1.25. The lowest BCUT2D eigenvalue weighted by Gasteiger charge is -2.14. The smallest absolute Gasteiger partial charge is 0.126 e. The Labute approximate surface area is 126 Å². The summed E-state index contributed by atoms with van der Waals surface area (Å²) in [6.45, 7) is 3.67. The molecule has 0 spiro atoms. The number of aromatic hydroxyl groups is 1. The van der Waals surface area contributed by atoms with Crippen molar-refractivity contribution in [3.8, 4) is 5.75 Å². The van der Waals surface area contributed by atoms with Crippen molar-refractivity contribution in [2.24, 2.45) is 0 Å². The van der Waals surface area contributed by atoms with Crippen LogP contribution in [0, 0.1) is 0 Å². The topological polar surface area (TPSA) is 23.5 Å². The third-order valence-corrected chi connectivity index (χ3v) is 4.10. The summed E-state index contributed by atoms with van der Waals surface area (Å²) >= 11 is 0. The molecule has 1 aliphatic rings. The molecule has 3 heteroatoms. The minimum Gasteiger partial charge on any atom is -0.507 e. The SMILES string of the molecule is Cl.Oc1c(CCCN2CCCC2)ccc2ccccc12. The zero-order valence-corrected chi connectivity index (χ0v) is 12.5. The van der Waals surface area contributed by atoms with E-state index in [0.29, 0.717) is 5.75 Å². The Morgan fingerprint density at radius 1 is 1.00 bits per heavy atom. The van der Waals surface area contributed by atoms with Crippen LogP contribution in [0.25, 0.3) is 10.8 Å². The molecule has 0 aromatic heterocycles. The molecular weight excluding hydrogens is 270 g/mol. The fraction of sp³-hybridized carbons (Fsp3) is 0.412. The molecule has 1 saturated heterocycles. The number of nitrogens with zero attached hydrogens (tertiary/aromatic N) is 1. The molecule has 0 unspecified atom stereocenters. The van der Waals surface area contributed by atoms with Gasteiger partial charge in [0.2, 0.25) is 0 Å². The molecule has 0 radical (unpaired) electrons. The highest BCUT2D eigenvalue weighted by molar-refractivity contribution is 5.89. The minimum absolute atomic E-state index is 0. The first-order valence-electron chi connectivity index (χ1n) is 7.26. The van der Waals surface area contributed by atoms with Crippen molar-refractivity contribution in [3.05, 3.63) is 42.0 Å². The number of phenols is 1. The average molecular weight is 292 g/mol. The maximum absolute atomic E-state index is 10.3. The lowest BCUT2D eigenvalue weighted by molar-refractivity contribution is 0.333. The zero-order valence-electron chi connectivity index (χ0n) is 11.7. The second kappa shape index (κ2) is 6.96. The van der Waals surface area contributed by atoms with E-state index in [1.165, 1.54) is 25.9 Å². The van der Waals surface area contributed by atoms with Crippen LogP contribution in [0.3, 0.4) is 0 Å². The Kier molecular flexibility index (Phi) is 5.27. The number of rotatable bonds is 4. The summed E-state index contributed by atoms with van der Waals surface area (Å²) in [6, 6.07) is 12.2. The molecule has 0 bridgehead atoms. The third-order valence-electron chi connectivity index (χ3n) is 4.10. The van der Waals surface area contributed by atoms with E-state index < -0.39 is 0 Å². The molecule has 2 aromatic rings. The Morgan fingerprint density at radius 2 is 1.75 bits per heavy atom. The summed E-state index contributed by atoms with van der Waals surface area (Å²) in [4.78, 5) is 2.53. The molecule has 0 atom stereocenters. The Balaban J connectivity index is 0.00000147. The fourth-order valence-corrected chi connectivity index (χ4v) is 3.00. The Morgan fingerprint density at radius 3 is 2.55 bits per heavy atom. The summed E-state index contributed by atoms with van der Waals surface area (Å²) < 4.78 is 0. The van der Waals surface area contributed by atoms with Gasteiger partial charge in [-0.3, -0.25) is 0 Å². The van der Waals surface area contributed by atoms with Gasteiger partial charge in [0, 0.05) is 5.39 Å². The van der Waals surface area contributed by atoms with Gasteiger partial charge in [0.25, 0.3) is 0 Å². The van der Waals surface area contributed by atoms with Gasteiger partial charge < -0.3 is 10.0 Å². The van der Waals surface area contributed by atoms with Gasteiger partial charge in [-0.15, -0.1) is 12.4 Å². The van der Waals surface area contributed by atoms with E-state index in [0.717, 1.165) is 35.7 Å². The number of halogens is 1. The van der Waals surface area contributed by atoms with E-state index in [4.69, 9.17) is 0 Å². The van der Waals surface area contributed by atoms with Gasteiger partial charge >= 0.3 is 0 Å². The van der Waals surface area contributed by atoms with E-state index >= 15 is 0 Å². The molecular formula is C17H22ClNO. The Bertz CT molecular complexity index is 564.